The third-order valence-electron chi connectivity index (χ3n) is 6.48. The van der Waals surface area contributed by atoms with Crippen molar-refractivity contribution in [3.8, 4) is 11.5 Å². The number of rotatable bonds is 10. The molecule has 4 aromatic carbocycles. The summed E-state index contributed by atoms with van der Waals surface area (Å²) in [6.07, 6.45) is 0.310. The molecule has 8 heteroatoms. The van der Waals surface area contributed by atoms with Crippen molar-refractivity contribution in [2.45, 2.75) is 45.6 Å². The zero-order valence-corrected chi connectivity index (χ0v) is 22.0. The maximum Gasteiger partial charge on any atom is 0.343 e. The summed E-state index contributed by atoms with van der Waals surface area (Å²) in [5.41, 5.74) is 3.08. The molecule has 0 N–H and O–H groups in total. The number of hydrogen-bond acceptors (Lipinski definition) is 7. The van der Waals surface area contributed by atoms with Crippen molar-refractivity contribution in [1.29, 1.82) is 0 Å². The highest BCUT2D eigenvalue weighted by Gasteiger charge is 2.19. The SMILES string of the molecule is CCC(Cc1ccc(C(=O)Oc2ccc3cc([C@H](C)C(=O)Oc4ccc(C)cc4)ccc3c2)cc1)O[N+](=O)[O-]. The van der Waals surface area contributed by atoms with Crippen LogP contribution in [0.1, 0.15) is 53.2 Å². The quantitative estimate of drug-likeness (QED) is 0.0989. The van der Waals surface area contributed by atoms with E-state index in [1.54, 1.807) is 55.5 Å². The number of carbonyl (C=O) groups is 2. The molecule has 4 aromatic rings. The van der Waals surface area contributed by atoms with Crippen LogP contribution in [0.15, 0.2) is 84.9 Å². The molecule has 0 spiro atoms. The molecule has 1 unspecified atom stereocenters. The zero-order valence-electron chi connectivity index (χ0n) is 22.0. The third-order valence-corrected chi connectivity index (χ3v) is 6.48. The highest BCUT2D eigenvalue weighted by Crippen LogP contribution is 2.27. The Morgan fingerprint density at radius 2 is 1.49 bits per heavy atom. The standard InChI is InChI=1S/C31H29NO7/c1-4-27(39-32(35)36)17-22-7-9-23(10-8-22)31(34)38-29-16-13-25-18-24(11-12-26(25)19-29)21(3)30(33)37-28-14-5-20(2)6-15-28/h5-16,18-19,21,27H,4,17H2,1-3H3/t21-,27?/m0/s1. The number of fused-ring (bicyclic) bond motifs is 1. The molecular formula is C31H29NO7. The highest BCUT2D eigenvalue weighted by molar-refractivity contribution is 5.92. The van der Waals surface area contributed by atoms with E-state index < -0.39 is 23.1 Å². The van der Waals surface area contributed by atoms with Crippen molar-refractivity contribution in [2.24, 2.45) is 0 Å². The first-order valence-electron chi connectivity index (χ1n) is 12.7. The second-order valence-corrected chi connectivity index (χ2v) is 9.37. The normalized spacial score (nSPS) is 12.4. The van der Waals surface area contributed by atoms with Gasteiger partial charge in [-0.3, -0.25) is 4.79 Å². The second-order valence-electron chi connectivity index (χ2n) is 9.37. The summed E-state index contributed by atoms with van der Waals surface area (Å²) in [5.74, 6) is -0.423. The molecule has 0 saturated heterocycles. The Bertz CT molecular complexity index is 1480. The molecule has 0 saturated carbocycles. The molecule has 2 atom stereocenters. The summed E-state index contributed by atoms with van der Waals surface area (Å²) in [4.78, 5) is 40.6. The maximum absolute atomic E-state index is 12.7. The van der Waals surface area contributed by atoms with Gasteiger partial charge in [0.1, 0.15) is 17.6 Å². The van der Waals surface area contributed by atoms with Crippen LogP contribution in [0.25, 0.3) is 10.8 Å². The van der Waals surface area contributed by atoms with Gasteiger partial charge in [-0.25, -0.2) is 4.79 Å². The number of esters is 2. The minimum Gasteiger partial charge on any atom is -0.426 e. The van der Waals surface area contributed by atoms with Crippen molar-refractivity contribution < 1.29 is 29.0 Å². The fourth-order valence-electron chi connectivity index (χ4n) is 4.11. The van der Waals surface area contributed by atoms with E-state index >= 15 is 0 Å². The zero-order chi connectivity index (χ0) is 27.9. The van der Waals surface area contributed by atoms with Gasteiger partial charge in [-0.2, -0.15) is 0 Å². The van der Waals surface area contributed by atoms with Crippen molar-refractivity contribution in [2.75, 3.05) is 0 Å². The highest BCUT2D eigenvalue weighted by atomic mass is 17.0. The average Bonchev–Trinajstić information content (AvgIpc) is 2.93. The fourth-order valence-corrected chi connectivity index (χ4v) is 4.11. The van der Waals surface area contributed by atoms with Gasteiger partial charge >= 0.3 is 11.9 Å². The number of aryl methyl sites for hydroxylation is 1. The van der Waals surface area contributed by atoms with E-state index in [2.05, 4.69) is 4.84 Å². The molecule has 0 fully saturated rings. The summed E-state index contributed by atoms with van der Waals surface area (Å²) in [6.45, 7) is 5.58. The van der Waals surface area contributed by atoms with Crippen LogP contribution < -0.4 is 9.47 Å². The molecule has 0 aliphatic rings. The van der Waals surface area contributed by atoms with Crippen molar-refractivity contribution >= 4 is 22.7 Å². The second kappa shape index (κ2) is 12.2. The predicted molar refractivity (Wildman–Crippen MR) is 146 cm³/mol. The summed E-state index contributed by atoms with van der Waals surface area (Å²) < 4.78 is 11.1. The van der Waals surface area contributed by atoms with Crippen LogP contribution in [0.4, 0.5) is 0 Å². The smallest absolute Gasteiger partial charge is 0.343 e. The number of carbonyl (C=O) groups excluding carboxylic acids is 2. The lowest BCUT2D eigenvalue weighted by molar-refractivity contribution is -0.768. The van der Waals surface area contributed by atoms with Gasteiger partial charge in [0.25, 0.3) is 5.09 Å². The van der Waals surface area contributed by atoms with E-state index in [-0.39, 0.29) is 5.97 Å². The van der Waals surface area contributed by atoms with Crippen LogP contribution in [-0.2, 0) is 16.1 Å². The molecule has 0 aromatic heterocycles. The largest absolute Gasteiger partial charge is 0.426 e. The van der Waals surface area contributed by atoms with E-state index in [9.17, 15) is 19.7 Å². The van der Waals surface area contributed by atoms with Crippen molar-refractivity contribution in [3.63, 3.8) is 0 Å². The molecule has 200 valence electrons. The van der Waals surface area contributed by atoms with E-state index in [1.807, 2.05) is 50.2 Å². The van der Waals surface area contributed by atoms with Crippen LogP contribution in [0.3, 0.4) is 0 Å². The molecule has 0 radical (unpaired) electrons. The Balaban J connectivity index is 1.40. The average molecular weight is 528 g/mol. The lowest BCUT2D eigenvalue weighted by atomic mass is 9.98. The molecule has 0 heterocycles. The molecule has 0 aliphatic carbocycles. The van der Waals surface area contributed by atoms with Gasteiger partial charge in [-0.15, -0.1) is 10.1 Å². The summed E-state index contributed by atoms with van der Waals surface area (Å²) in [7, 11) is 0. The van der Waals surface area contributed by atoms with Crippen LogP contribution >= 0.6 is 0 Å². The number of nitrogens with zero attached hydrogens (tertiary/aromatic N) is 1. The first-order chi connectivity index (χ1) is 18.7. The number of hydrogen-bond donors (Lipinski definition) is 0. The van der Waals surface area contributed by atoms with E-state index in [0.29, 0.717) is 29.9 Å². The monoisotopic (exact) mass is 527 g/mol. The first-order valence-corrected chi connectivity index (χ1v) is 12.7. The lowest BCUT2D eigenvalue weighted by Crippen LogP contribution is -2.19. The van der Waals surface area contributed by atoms with Crippen LogP contribution in [-0.4, -0.2) is 23.1 Å². The Labute approximate surface area is 226 Å². The predicted octanol–water partition coefficient (Wildman–Crippen LogP) is 6.61. The van der Waals surface area contributed by atoms with E-state index in [1.165, 1.54) is 0 Å². The topological polar surface area (TPSA) is 105 Å². The Morgan fingerprint density at radius 1 is 0.846 bits per heavy atom. The van der Waals surface area contributed by atoms with Gasteiger partial charge in [0.2, 0.25) is 0 Å². The van der Waals surface area contributed by atoms with Gasteiger partial charge in [-0.05, 0) is 85.0 Å². The van der Waals surface area contributed by atoms with Gasteiger partial charge in [0, 0.05) is 0 Å². The lowest BCUT2D eigenvalue weighted by Gasteiger charge is -2.13. The molecule has 4 rings (SSSR count). The molecule has 0 amide bonds. The Hall–Kier alpha value is -4.72. The molecule has 0 bridgehead atoms. The molecular weight excluding hydrogens is 498 g/mol. The summed E-state index contributed by atoms with van der Waals surface area (Å²) in [5, 5.41) is 11.6. The molecule has 8 nitrogen and oxygen atoms in total. The third kappa shape index (κ3) is 7.19. The Morgan fingerprint density at radius 3 is 2.15 bits per heavy atom. The maximum atomic E-state index is 12.7. The van der Waals surface area contributed by atoms with Gasteiger partial charge in [-0.1, -0.05) is 61.0 Å². The van der Waals surface area contributed by atoms with Crippen molar-refractivity contribution in [1.82, 2.24) is 0 Å². The van der Waals surface area contributed by atoms with Gasteiger partial charge < -0.3 is 14.3 Å². The van der Waals surface area contributed by atoms with Gasteiger partial charge in [0.05, 0.1) is 11.5 Å². The van der Waals surface area contributed by atoms with Crippen LogP contribution in [0.5, 0.6) is 11.5 Å². The van der Waals surface area contributed by atoms with Crippen LogP contribution in [0.2, 0.25) is 0 Å². The molecule has 0 aliphatic heterocycles. The van der Waals surface area contributed by atoms with Gasteiger partial charge in [0.15, 0.2) is 0 Å². The minimum absolute atomic E-state index is 0.342. The van der Waals surface area contributed by atoms with Crippen molar-refractivity contribution in [3.05, 3.63) is 117 Å². The Kier molecular flexibility index (Phi) is 8.56. The summed E-state index contributed by atoms with van der Waals surface area (Å²) >= 11 is 0. The minimum atomic E-state index is -0.786. The van der Waals surface area contributed by atoms with Crippen LogP contribution in [0, 0.1) is 17.0 Å². The number of ether oxygens (including phenoxy) is 2. The number of benzene rings is 4. The van der Waals surface area contributed by atoms with E-state index in [0.717, 1.165) is 27.5 Å². The molecule has 39 heavy (non-hydrogen) atoms. The fraction of sp³-hybridized carbons (Fsp3) is 0.226. The first kappa shape index (κ1) is 27.3. The van der Waals surface area contributed by atoms with E-state index in [4.69, 9.17) is 9.47 Å². The summed E-state index contributed by atoms with van der Waals surface area (Å²) in [6, 6.07) is 25.0.